The Hall–Kier alpha value is -0.790. The summed E-state index contributed by atoms with van der Waals surface area (Å²) in [6.45, 7) is 2.14. The summed E-state index contributed by atoms with van der Waals surface area (Å²) in [6, 6.07) is 4.43. The van der Waals surface area contributed by atoms with E-state index in [-0.39, 0.29) is 0 Å². The molecule has 0 unspecified atom stereocenters. The van der Waals surface area contributed by atoms with Crippen LogP contribution < -0.4 is 5.32 Å². The van der Waals surface area contributed by atoms with Crippen LogP contribution in [0.5, 0.6) is 0 Å². The van der Waals surface area contributed by atoms with Crippen LogP contribution in [0.2, 0.25) is 0 Å². The van der Waals surface area contributed by atoms with Crippen LogP contribution in [0.4, 0.5) is 13.2 Å². The maximum Gasteiger partial charge on any atom is 0.433 e. The number of aromatic nitrogens is 1. The SMILES string of the molecule is CS.FC(F)(F)c1cccc(CCNC2CCOCC2)n1. The molecule has 0 spiro atoms. The fourth-order valence-electron chi connectivity index (χ4n) is 2.08. The van der Waals surface area contributed by atoms with E-state index >= 15 is 0 Å². The van der Waals surface area contributed by atoms with Gasteiger partial charge in [0.15, 0.2) is 0 Å². The normalized spacial score (nSPS) is 16.2. The molecule has 1 aliphatic rings. The Morgan fingerprint density at radius 3 is 2.57 bits per heavy atom. The summed E-state index contributed by atoms with van der Waals surface area (Å²) in [4.78, 5) is 3.64. The van der Waals surface area contributed by atoms with Crippen molar-refractivity contribution in [3.05, 3.63) is 29.6 Å². The van der Waals surface area contributed by atoms with Crippen molar-refractivity contribution in [3.63, 3.8) is 0 Å². The number of pyridine rings is 1. The molecule has 0 amide bonds. The van der Waals surface area contributed by atoms with E-state index in [4.69, 9.17) is 4.74 Å². The quantitative estimate of drug-likeness (QED) is 0.837. The summed E-state index contributed by atoms with van der Waals surface area (Å²) in [7, 11) is 0. The van der Waals surface area contributed by atoms with Gasteiger partial charge in [0, 0.05) is 37.9 Å². The van der Waals surface area contributed by atoms with Crippen LogP contribution in [0.15, 0.2) is 18.2 Å². The summed E-state index contributed by atoms with van der Waals surface area (Å²) in [5.41, 5.74) is -0.356. The molecule has 1 N–H and O–H groups in total. The molecule has 1 aromatic rings. The number of alkyl halides is 3. The van der Waals surface area contributed by atoms with Gasteiger partial charge in [-0.3, -0.25) is 0 Å². The number of nitrogens with one attached hydrogen (secondary N) is 1. The fourth-order valence-corrected chi connectivity index (χ4v) is 2.08. The molecule has 120 valence electrons. The Balaban J connectivity index is 0.00000106. The molecule has 2 heterocycles. The van der Waals surface area contributed by atoms with Gasteiger partial charge >= 0.3 is 6.18 Å². The first kappa shape index (κ1) is 18.3. The van der Waals surface area contributed by atoms with Crippen LogP contribution in [-0.2, 0) is 17.3 Å². The third-order valence-electron chi connectivity index (χ3n) is 3.13. The number of nitrogens with zero attached hydrogens (tertiary/aromatic N) is 1. The number of ether oxygens (including phenoxy) is 1. The van der Waals surface area contributed by atoms with Crippen LogP contribution >= 0.6 is 12.6 Å². The Bertz CT molecular complexity index is 409. The van der Waals surface area contributed by atoms with E-state index in [0.29, 0.717) is 24.7 Å². The Labute approximate surface area is 128 Å². The number of thiol groups is 1. The van der Waals surface area contributed by atoms with Crippen molar-refractivity contribution in [1.29, 1.82) is 0 Å². The van der Waals surface area contributed by atoms with E-state index in [1.54, 1.807) is 12.3 Å². The zero-order valence-electron chi connectivity index (χ0n) is 12.0. The lowest BCUT2D eigenvalue weighted by molar-refractivity contribution is -0.141. The molecule has 1 aromatic heterocycles. The smallest absolute Gasteiger partial charge is 0.381 e. The molecule has 7 heteroatoms. The first-order valence-electron chi connectivity index (χ1n) is 6.85. The highest BCUT2D eigenvalue weighted by molar-refractivity contribution is 7.79. The average Bonchev–Trinajstić information content (AvgIpc) is 2.50. The third-order valence-corrected chi connectivity index (χ3v) is 3.13. The van der Waals surface area contributed by atoms with Gasteiger partial charge in [0.05, 0.1) is 0 Å². The summed E-state index contributed by atoms with van der Waals surface area (Å²) < 4.78 is 42.7. The van der Waals surface area contributed by atoms with Crippen LogP contribution in [-0.4, -0.2) is 37.0 Å². The molecular formula is C14H21F3N2OS. The molecule has 0 aliphatic carbocycles. The summed E-state index contributed by atoms with van der Waals surface area (Å²) in [6.07, 6.45) is -0.266. The van der Waals surface area contributed by atoms with Crippen LogP contribution in [0.3, 0.4) is 0 Å². The van der Waals surface area contributed by atoms with Gasteiger partial charge in [0.1, 0.15) is 5.69 Å². The zero-order valence-corrected chi connectivity index (χ0v) is 12.9. The Kier molecular flexibility index (Phi) is 8.06. The van der Waals surface area contributed by atoms with Crippen molar-refractivity contribution in [3.8, 4) is 0 Å². The Morgan fingerprint density at radius 2 is 1.95 bits per heavy atom. The molecular weight excluding hydrogens is 301 g/mol. The average molecular weight is 322 g/mol. The van der Waals surface area contributed by atoms with Crippen molar-refractivity contribution >= 4 is 12.6 Å². The fraction of sp³-hybridized carbons (Fsp3) is 0.643. The molecule has 0 radical (unpaired) electrons. The number of halogens is 3. The van der Waals surface area contributed by atoms with E-state index in [1.165, 1.54) is 6.07 Å². The highest BCUT2D eigenvalue weighted by atomic mass is 32.1. The maximum absolute atomic E-state index is 12.5. The minimum Gasteiger partial charge on any atom is -0.381 e. The minimum absolute atomic E-state index is 0.402. The van der Waals surface area contributed by atoms with Crippen molar-refractivity contribution in [1.82, 2.24) is 10.3 Å². The topological polar surface area (TPSA) is 34.1 Å². The van der Waals surface area contributed by atoms with Crippen LogP contribution in [0.1, 0.15) is 24.2 Å². The standard InChI is InChI=1S/C13H17F3N2O.CH4S/c14-13(15,16)12-3-1-2-11(18-12)4-7-17-10-5-8-19-9-6-10;1-2/h1-3,10,17H,4-9H2;2H,1H3. The van der Waals surface area contributed by atoms with E-state index in [0.717, 1.165) is 32.1 Å². The molecule has 1 fully saturated rings. The van der Waals surface area contributed by atoms with Gasteiger partial charge in [0.2, 0.25) is 0 Å². The second-order valence-corrected chi connectivity index (χ2v) is 4.60. The summed E-state index contributed by atoms with van der Waals surface area (Å²) in [5, 5.41) is 3.33. The molecule has 21 heavy (non-hydrogen) atoms. The molecule has 0 saturated carbocycles. The largest absolute Gasteiger partial charge is 0.433 e. The minimum atomic E-state index is -4.37. The van der Waals surface area contributed by atoms with Crippen molar-refractivity contribution in [2.45, 2.75) is 31.5 Å². The molecule has 0 atom stereocenters. The van der Waals surface area contributed by atoms with Gasteiger partial charge in [-0.1, -0.05) is 6.07 Å². The number of rotatable bonds is 4. The van der Waals surface area contributed by atoms with Gasteiger partial charge in [-0.25, -0.2) is 4.98 Å². The van der Waals surface area contributed by atoms with Crippen LogP contribution in [0, 0.1) is 0 Å². The summed E-state index contributed by atoms with van der Waals surface area (Å²) >= 11 is 3.53. The monoisotopic (exact) mass is 322 g/mol. The van der Waals surface area contributed by atoms with Crippen molar-refractivity contribution < 1.29 is 17.9 Å². The lowest BCUT2D eigenvalue weighted by Crippen LogP contribution is -2.36. The predicted molar refractivity (Wildman–Crippen MR) is 79.7 cm³/mol. The predicted octanol–water partition coefficient (Wildman–Crippen LogP) is 2.96. The van der Waals surface area contributed by atoms with Gasteiger partial charge < -0.3 is 10.1 Å². The highest BCUT2D eigenvalue weighted by Gasteiger charge is 2.32. The lowest BCUT2D eigenvalue weighted by atomic mass is 10.1. The van der Waals surface area contributed by atoms with Gasteiger partial charge in [-0.15, -0.1) is 0 Å². The van der Waals surface area contributed by atoms with Gasteiger partial charge in [0.25, 0.3) is 0 Å². The van der Waals surface area contributed by atoms with E-state index in [1.807, 2.05) is 0 Å². The third kappa shape index (κ3) is 6.67. The molecule has 3 nitrogen and oxygen atoms in total. The van der Waals surface area contributed by atoms with E-state index < -0.39 is 11.9 Å². The van der Waals surface area contributed by atoms with Crippen molar-refractivity contribution in [2.75, 3.05) is 26.0 Å². The number of hydrogen-bond donors (Lipinski definition) is 2. The summed E-state index contributed by atoms with van der Waals surface area (Å²) in [5.74, 6) is 0. The van der Waals surface area contributed by atoms with Gasteiger partial charge in [-0.2, -0.15) is 25.8 Å². The first-order valence-corrected chi connectivity index (χ1v) is 7.74. The molecule has 0 bridgehead atoms. The molecule has 0 aromatic carbocycles. The maximum atomic E-state index is 12.5. The lowest BCUT2D eigenvalue weighted by Gasteiger charge is -2.23. The molecule has 1 aliphatic heterocycles. The zero-order chi connectivity index (χ0) is 15.7. The Morgan fingerprint density at radius 1 is 1.29 bits per heavy atom. The number of hydrogen-bond acceptors (Lipinski definition) is 4. The van der Waals surface area contributed by atoms with Gasteiger partial charge in [-0.05, 0) is 31.2 Å². The van der Waals surface area contributed by atoms with E-state index in [9.17, 15) is 13.2 Å². The molecule has 2 rings (SSSR count). The van der Waals surface area contributed by atoms with Crippen molar-refractivity contribution in [2.24, 2.45) is 0 Å². The first-order chi connectivity index (χ1) is 10.1. The van der Waals surface area contributed by atoms with Crippen LogP contribution in [0.25, 0.3) is 0 Å². The van der Waals surface area contributed by atoms with E-state index in [2.05, 4.69) is 22.9 Å². The second kappa shape index (κ2) is 9.27. The second-order valence-electron chi connectivity index (χ2n) is 4.60. The highest BCUT2D eigenvalue weighted by Crippen LogP contribution is 2.27. The molecule has 1 saturated heterocycles.